The van der Waals surface area contributed by atoms with Crippen LogP contribution < -0.4 is 0 Å². The molecule has 268 valence electrons. The molecule has 15 atom stereocenters. The largest absolute Gasteiger partial charge is 0.462 e. The molecule has 1 heterocycles. The normalized spacial score (nSPS) is 52.1. The zero-order chi connectivity index (χ0) is 34.5. The summed E-state index contributed by atoms with van der Waals surface area (Å²) in [6.07, 6.45) is 2.39. The lowest BCUT2D eigenvalue weighted by Crippen LogP contribution is -2.67. The van der Waals surface area contributed by atoms with Crippen LogP contribution in [0.5, 0.6) is 0 Å². The molecule has 0 unspecified atom stereocenters. The van der Waals surface area contributed by atoms with Crippen molar-refractivity contribution in [2.75, 3.05) is 6.61 Å². The molecular formula is C38H62O9. The van der Waals surface area contributed by atoms with Crippen LogP contribution in [0.4, 0.5) is 0 Å². The highest BCUT2D eigenvalue weighted by Gasteiger charge is 2.72. The summed E-state index contributed by atoms with van der Waals surface area (Å²) in [7, 11) is 0. The van der Waals surface area contributed by atoms with Crippen LogP contribution in [0, 0.1) is 62.6 Å². The molecule has 0 radical (unpaired) electrons. The number of ether oxygens (including phenoxy) is 3. The monoisotopic (exact) mass is 662 g/mol. The molecule has 1 saturated heterocycles. The van der Waals surface area contributed by atoms with Gasteiger partial charge < -0.3 is 34.6 Å². The summed E-state index contributed by atoms with van der Waals surface area (Å²) in [5, 5.41) is 41.1. The molecule has 6 rings (SSSR count). The van der Waals surface area contributed by atoms with Crippen molar-refractivity contribution >= 4 is 11.9 Å². The average Bonchev–Trinajstić information content (AvgIpc) is 3.40. The average molecular weight is 663 g/mol. The Morgan fingerprint density at radius 1 is 0.787 bits per heavy atom. The van der Waals surface area contributed by atoms with E-state index in [0.29, 0.717) is 36.0 Å². The predicted molar refractivity (Wildman–Crippen MR) is 174 cm³/mol. The van der Waals surface area contributed by atoms with Gasteiger partial charge in [0.05, 0.1) is 12.0 Å². The maximum Gasteiger partial charge on any atom is 0.314 e. The summed E-state index contributed by atoms with van der Waals surface area (Å²) in [5.74, 6) is 1.71. The molecule has 5 saturated carbocycles. The van der Waals surface area contributed by atoms with Gasteiger partial charge in [0.2, 0.25) is 6.29 Å². The van der Waals surface area contributed by atoms with Gasteiger partial charge in [-0.25, -0.2) is 0 Å². The first-order valence-electron chi connectivity index (χ1n) is 18.6. The molecule has 9 heteroatoms. The third-order valence-corrected chi connectivity index (χ3v) is 16.1. The minimum Gasteiger partial charge on any atom is -0.462 e. The van der Waals surface area contributed by atoms with E-state index in [4.69, 9.17) is 14.2 Å². The van der Waals surface area contributed by atoms with Crippen molar-refractivity contribution in [3.63, 3.8) is 0 Å². The Bertz CT molecular complexity index is 1220. The molecule has 0 aromatic rings. The van der Waals surface area contributed by atoms with E-state index in [1.54, 1.807) is 0 Å². The van der Waals surface area contributed by atoms with Crippen LogP contribution in [0.15, 0.2) is 0 Å². The number of hydrogen-bond acceptors (Lipinski definition) is 9. The lowest BCUT2D eigenvalue weighted by Gasteiger charge is -2.72. The number of fused-ring (bicyclic) bond motifs is 7. The van der Waals surface area contributed by atoms with Crippen LogP contribution in [-0.4, -0.2) is 75.8 Å². The molecule has 4 N–H and O–H groups in total. The zero-order valence-corrected chi connectivity index (χ0v) is 30.0. The molecule has 0 amide bonds. The maximum absolute atomic E-state index is 14.5. The highest BCUT2D eigenvalue weighted by Crippen LogP contribution is 2.77. The molecule has 0 bridgehead atoms. The summed E-state index contributed by atoms with van der Waals surface area (Å²) in [5.41, 5.74) is -0.516. The van der Waals surface area contributed by atoms with E-state index in [1.165, 1.54) is 6.92 Å². The molecule has 0 aromatic carbocycles. The SMILES string of the molecule is CC(=O)O[C@H]1CC[C@]2(C)[C@H]3CC[C@@H]4[C@H]5[C@H](C(C)C)CC[C@]5(C(=O)O[C@@H]5O[C@H](CO)[C@@H](O)[C@H](O)[C@H]5O)CC[C@@]4(C)[C@]3(C)CC[C@H]2C1(C)C. The summed E-state index contributed by atoms with van der Waals surface area (Å²) in [6, 6.07) is 0. The second-order valence-electron chi connectivity index (χ2n) is 18.4. The van der Waals surface area contributed by atoms with Gasteiger partial charge in [0.25, 0.3) is 0 Å². The molecule has 1 aliphatic heterocycles. The van der Waals surface area contributed by atoms with Crippen molar-refractivity contribution in [3.8, 4) is 0 Å². The van der Waals surface area contributed by atoms with Crippen molar-refractivity contribution in [1.29, 1.82) is 0 Å². The van der Waals surface area contributed by atoms with Crippen LogP contribution in [0.25, 0.3) is 0 Å². The smallest absolute Gasteiger partial charge is 0.314 e. The van der Waals surface area contributed by atoms with E-state index in [-0.39, 0.29) is 45.6 Å². The van der Waals surface area contributed by atoms with Crippen LogP contribution in [-0.2, 0) is 23.8 Å². The molecule has 0 aromatic heterocycles. The fraction of sp³-hybridized carbons (Fsp3) is 0.947. The Labute approximate surface area is 281 Å². The Morgan fingerprint density at radius 2 is 1.49 bits per heavy atom. The number of carbonyl (C=O) groups excluding carboxylic acids is 2. The molecule has 6 fully saturated rings. The van der Waals surface area contributed by atoms with Gasteiger partial charge in [-0.3, -0.25) is 9.59 Å². The van der Waals surface area contributed by atoms with Crippen molar-refractivity contribution in [2.45, 2.75) is 156 Å². The zero-order valence-electron chi connectivity index (χ0n) is 30.0. The van der Waals surface area contributed by atoms with Gasteiger partial charge in [0.1, 0.15) is 30.5 Å². The molecule has 6 aliphatic rings. The first kappa shape index (κ1) is 35.6. The Balaban J connectivity index is 1.30. The highest BCUT2D eigenvalue weighted by atomic mass is 16.7. The van der Waals surface area contributed by atoms with Crippen LogP contribution >= 0.6 is 0 Å². The van der Waals surface area contributed by atoms with E-state index in [9.17, 15) is 30.0 Å². The molecule has 9 nitrogen and oxygen atoms in total. The standard InChI is InChI=1S/C38H62O9/c1-20(2)22-11-16-38(33(44)47-32-31(43)30(42)29(41)24(19-39)46-32)18-17-36(7)23(28(22)38)9-10-26-35(6)14-13-27(45-21(3)40)34(4,5)25(35)12-15-37(26,36)8/h20,22-32,39,41-43H,9-19H2,1-8H3/t22-,23+,24+,25-,26+,27-,28+,29+,30-,31+,32-,35-,36+,37+,38-/m0/s1. The maximum atomic E-state index is 14.5. The quantitative estimate of drug-likeness (QED) is 0.299. The van der Waals surface area contributed by atoms with Gasteiger partial charge in [0.15, 0.2) is 0 Å². The van der Waals surface area contributed by atoms with E-state index in [0.717, 1.165) is 57.8 Å². The van der Waals surface area contributed by atoms with E-state index < -0.39 is 42.7 Å². The van der Waals surface area contributed by atoms with Gasteiger partial charge in [-0.1, -0.05) is 48.5 Å². The summed E-state index contributed by atoms with van der Waals surface area (Å²) < 4.78 is 17.6. The summed E-state index contributed by atoms with van der Waals surface area (Å²) in [6.45, 7) is 17.8. The van der Waals surface area contributed by atoms with Gasteiger partial charge in [-0.05, 0) is 116 Å². The number of aliphatic hydroxyl groups is 4. The van der Waals surface area contributed by atoms with Crippen LogP contribution in [0.2, 0.25) is 0 Å². The number of hydrogen-bond donors (Lipinski definition) is 4. The van der Waals surface area contributed by atoms with Gasteiger partial charge >= 0.3 is 11.9 Å². The van der Waals surface area contributed by atoms with Gasteiger partial charge in [0, 0.05) is 12.3 Å². The highest BCUT2D eigenvalue weighted by molar-refractivity contribution is 5.78. The fourth-order valence-corrected chi connectivity index (χ4v) is 13.5. The van der Waals surface area contributed by atoms with Crippen LogP contribution in [0.1, 0.15) is 120 Å². The minimum absolute atomic E-state index is 0.0375. The number of rotatable bonds is 5. The lowest BCUT2D eigenvalue weighted by molar-refractivity contribution is -0.299. The van der Waals surface area contributed by atoms with Crippen molar-refractivity contribution in [1.82, 2.24) is 0 Å². The van der Waals surface area contributed by atoms with Crippen LogP contribution in [0.3, 0.4) is 0 Å². The van der Waals surface area contributed by atoms with Crippen molar-refractivity contribution < 1.29 is 44.2 Å². The second-order valence-corrected chi connectivity index (χ2v) is 18.4. The third kappa shape index (κ3) is 5.01. The first-order valence-corrected chi connectivity index (χ1v) is 18.6. The first-order chi connectivity index (χ1) is 21.9. The van der Waals surface area contributed by atoms with E-state index in [2.05, 4.69) is 48.5 Å². The van der Waals surface area contributed by atoms with E-state index in [1.807, 2.05) is 0 Å². The minimum atomic E-state index is -1.60. The van der Waals surface area contributed by atoms with Crippen molar-refractivity contribution in [3.05, 3.63) is 0 Å². The third-order valence-electron chi connectivity index (χ3n) is 16.1. The Kier molecular flexibility index (Phi) is 9.02. The number of aliphatic hydroxyl groups excluding tert-OH is 4. The molecule has 0 spiro atoms. The van der Waals surface area contributed by atoms with Gasteiger partial charge in [-0.15, -0.1) is 0 Å². The summed E-state index contributed by atoms with van der Waals surface area (Å²) in [4.78, 5) is 26.5. The topological polar surface area (TPSA) is 143 Å². The summed E-state index contributed by atoms with van der Waals surface area (Å²) >= 11 is 0. The predicted octanol–water partition coefficient (Wildman–Crippen LogP) is 5.00. The Hall–Kier alpha value is -1.26. The fourth-order valence-electron chi connectivity index (χ4n) is 13.5. The lowest BCUT2D eigenvalue weighted by atomic mass is 9.32. The van der Waals surface area contributed by atoms with Crippen molar-refractivity contribution in [2.24, 2.45) is 62.6 Å². The number of carbonyl (C=O) groups is 2. The Morgan fingerprint density at radius 3 is 2.13 bits per heavy atom. The molecular weight excluding hydrogens is 600 g/mol. The molecule has 47 heavy (non-hydrogen) atoms. The molecule has 5 aliphatic carbocycles. The number of esters is 2. The van der Waals surface area contributed by atoms with E-state index >= 15 is 0 Å². The second kappa shape index (κ2) is 11.9. The van der Waals surface area contributed by atoms with Gasteiger partial charge in [-0.2, -0.15) is 0 Å².